The van der Waals surface area contributed by atoms with E-state index in [0.29, 0.717) is 0 Å². The normalized spacial score (nSPS) is 15.9. The van der Waals surface area contributed by atoms with Crippen molar-refractivity contribution in [3.63, 3.8) is 0 Å². The minimum atomic E-state index is -4.33. The zero-order valence-electron chi connectivity index (χ0n) is 7.02. The van der Waals surface area contributed by atoms with Crippen LogP contribution in [0.25, 0.3) is 0 Å². The smallest absolute Gasteiger partial charge is 0.269 e. The van der Waals surface area contributed by atoms with Crippen molar-refractivity contribution in [2.75, 3.05) is 5.75 Å². The summed E-state index contributed by atoms with van der Waals surface area (Å²) in [5, 5.41) is 11.2. The number of hydrogen-bond donors (Lipinski definition) is 3. The lowest BCUT2D eigenvalue weighted by Gasteiger charge is -2.21. The molecule has 0 saturated heterocycles. The summed E-state index contributed by atoms with van der Waals surface area (Å²) in [6.45, 7) is 4.15. The molecular weight excluding hydrogens is 198 g/mol. The molecule has 0 aromatic rings. The second-order valence-corrected chi connectivity index (χ2v) is 4.15. The first-order valence-electron chi connectivity index (χ1n) is 3.28. The lowest BCUT2D eigenvalue weighted by atomic mass is 10.3. The van der Waals surface area contributed by atoms with Gasteiger partial charge in [0.05, 0.1) is 0 Å². The molecule has 0 aromatic carbocycles. The molecule has 3 N–H and O–H groups in total. The number of aliphatic hydroxyl groups is 1. The topological polar surface area (TPSA) is 104 Å². The zero-order valence-corrected chi connectivity index (χ0v) is 7.84. The Morgan fingerprint density at radius 1 is 1.69 bits per heavy atom. The molecule has 0 aliphatic rings. The van der Waals surface area contributed by atoms with Gasteiger partial charge in [0.1, 0.15) is 5.75 Å². The highest BCUT2D eigenvalue weighted by Gasteiger charge is 2.27. The van der Waals surface area contributed by atoms with Crippen molar-refractivity contribution < 1.29 is 22.9 Å². The molecule has 0 radical (unpaired) electrons. The van der Waals surface area contributed by atoms with Crippen LogP contribution in [0.15, 0.2) is 12.7 Å². The number of amides is 1. The van der Waals surface area contributed by atoms with Gasteiger partial charge in [-0.3, -0.25) is 9.35 Å². The Morgan fingerprint density at radius 3 is 2.46 bits per heavy atom. The van der Waals surface area contributed by atoms with E-state index in [1.807, 2.05) is 5.32 Å². The van der Waals surface area contributed by atoms with E-state index in [9.17, 15) is 18.3 Å². The molecule has 0 fully saturated rings. The molecule has 7 heteroatoms. The van der Waals surface area contributed by atoms with E-state index in [-0.39, 0.29) is 0 Å². The Balaban J connectivity index is 4.41. The van der Waals surface area contributed by atoms with E-state index >= 15 is 0 Å². The Hall–Kier alpha value is -0.920. The molecule has 6 nitrogen and oxygen atoms in total. The summed E-state index contributed by atoms with van der Waals surface area (Å²) in [7, 11) is -4.33. The molecule has 13 heavy (non-hydrogen) atoms. The van der Waals surface area contributed by atoms with Gasteiger partial charge in [0.15, 0.2) is 5.72 Å². The van der Waals surface area contributed by atoms with Crippen molar-refractivity contribution in [2.24, 2.45) is 0 Å². The summed E-state index contributed by atoms with van der Waals surface area (Å²) < 4.78 is 29.0. The van der Waals surface area contributed by atoms with Crippen molar-refractivity contribution in [3.05, 3.63) is 12.7 Å². The fourth-order valence-corrected chi connectivity index (χ4v) is 1.49. The second kappa shape index (κ2) is 3.86. The van der Waals surface area contributed by atoms with Crippen LogP contribution in [0.4, 0.5) is 0 Å². The van der Waals surface area contributed by atoms with Crippen LogP contribution in [0.1, 0.15) is 6.92 Å². The van der Waals surface area contributed by atoms with Gasteiger partial charge in [-0.2, -0.15) is 8.42 Å². The third-order valence-corrected chi connectivity index (χ3v) is 1.97. The summed E-state index contributed by atoms with van der Waals surface area (Å²) >= 11 is 0. The predicted molar refractivity (Wildman–Crippen MR) is 45.4 cm³/mol. The highest BCUT2D eigenvalue weighted by molar-refractivity contribution is 7.85. The van der Waals surface area contributed by atoms with Gasteiger partial charge in [-0.1, -0.05) is 6.58 Å². The van der Waals surface area contributed by atoms with Gasteiger partial charge in [0.25, 0.3) is 10.1 Å². The van der Waals surface area contributed by atoms with E-state index in [2.05, 4.69) is 6.58 Å². The van der Waals surface area contributed by atoms with Gasteiger partial charge >= 0.3 is 0 Å². The van der Waals surface area contributed by atoms with Crippen molar-refractivity contribution in [1.29, 1.82) is 0 Å². The van der Waals surface area contributed by atoms with Crippen LogP contribution in [0, 0.1) is 0 Å². The lowest BCUT2D eigenvalue weighted by molar-refractivity contribution is -0.122. The maximum absolute atomic E-state index is 10.6. The molecule has 0 heterocycles. The number of carbonyl (C=O) groups is 1. The molecule has 0 spiro atoms. The largest absolute Gasteiger partial charge is 0.370 e. The van der Waals surface area contributed by atoms with E-state index in [1.165, 1.54) is 0 Å². The van der Waals surface area contributed by atoms with Crippen LogP contribution in [0.3, 0.4) is 0 Å². The van der Waals surface area contributed by atoms with Crippen LogP contribution in [0.2, 0.25) is 0 Å². The Kier molecular flexibility index (Phi) is 3.59. The first-order chi connectivity index (χ1) is 5.66. The maximum atomic E-state index is 10.6. The number of rotatable bonds is 4. The van der Waals surface area contributed by atoms with Gasteiger partial charge in [-0.05, 0) is 13.0 Å². The summed E-state index contributed by atoms with van der Waals surface area (Å²) in [6.07, 6.45) is 0.873. The highest BCUT2D eigenvalue weighted by Crippen LogP contribution is 2.01. The van der Waals surface area contributed by atoms with Crippen molar-refractivity contribution >= 4 is 16.0 Å². The van der Waals surface area contributed by atoms with E-state index < -0.39 is 27.5 Å². The number of nitrogens with one attached hydrogen (secondary N) is 1. The van der Waals surface area contributed by atoms with E-state index in [4.69, 9.17) is 4.55 Å². The Labute approximate surface area is 76.0 Å². The highest BCUT2D eigenvalue weighted by atomic mass is 32.2. The second-order valence-electron chi connectivity index (χ2n) is 2.69. The standard InChI is InChI=1S/C6H11NO5S/c1-3-5(8)7-6(2,9)4-13(10,11)12/h3,9H,1,4H2,2H3,(H,7,8)(H,10,11,12). The lowest BCUT2D eigenvalue weighted by Crippen LogP contribution is -2.50. The summed E-state index contributed by atoms with van der Waals surface area (Å²) in [6, 6.07) is 0. The van der Waals surface area contributed by atoms with Crippen LogP contribution in [-0.2, 0) is 14.9 Å². The average Bonchev–Trinajstić information content (AvgIpc) is 1.80. The summed E-state index contributed by atoms with van der Waals surface area (Å²) in [4.78, 5) is 10.6. The number of hydrogen-bond acceptors (Lipinski definition) is 4. The van der Waals surface area contributed by atoms with E-state index in [1.54, 1.807) is 0 Å². The number of carbonyl (C=O) groups excluding carboxylic acids is 1. The fraction of sp³-hybridized carbons (Fsp3) is 0.500. The molecule has 76 valence electrons. The molecule has 1 unspecified atom stereocenters. The molecule has 0 rings (SSSR count). The van der Waals surface area contributed by atoms with Gasteiger partial charge < -0.3 is 10.4 Å². The van der Waals surface area contributed by atoms with Crippen molar-refractivity contribution in [2.45, 2.75) is 12.6 Å². The minimum Gasteiger partial charge on any atom is -0.370 e. The summed E-state index contributed by atoms with van der Waals surface area (Å²) in [5.41, 5.74) is -2.00. The zero-order chi connectivity index (χ0) is 10.7. The monoisotopic (exact) mass is 209 g/mol. The average molecular weight is 209 g/mol. The fourth-order valence-electron chi connectivity index (χ4n) is 0.708. The van der Waals surface area contributed by atoms with Gasteiger partial charge in [-0.15, -0.1) is 0 Å². The van der Waals surface area contributed by atoms with Crippen LogP contribution < -0.4 is 5.32 Å². The Bertz CT molecular complexity index is 305. The molecule has 0 aliphatic heterocycles. The maximum Gasteiger partial charge on any atom is 0.269 e. The molecule has 0 aromatic heterocycles. The molecule has 0 saturated carbocycles. The summed E-state index contributed by atoms with van der Waals surface area (Å²) in [5.74, 6) is -1.70. The third kappa shape index (κ3) is 6.26. The van der Waals surface area contributed by atoms with Crippen molar-refractivity contribution in [1.82, 2.24) is 5.32 Å². The molecular formula is C6H11NO5S. The van der Waals surface area contributed by atoms with Gasteiger partial charge in [0.2, 0.25) is 5.91 Å². The SMILES string of the molecule is C=CC(=O)NC(C)(O)CS(=O)(=O)O. The molecule has 0 bridgehead atoms. The predicted octanol–water partition coefficient (Wildman–Crippen LogP) is -1.12. The van der Waals surface area contributed by atoms with E-state index in [0.717, 1.165) is 13.0 Å². The van der Waals surface area contributed by atoms with Gasteiger partial charge in [-0.25, -0.2) is 0 Å². The first kappa shape index (κ1) is 12.1. The van der Waals surface area contributed by atoms with Crippen LogP contribution in [0.5, 0.6) is 0 Å². The van der Waals surface area contributed by atoms with Crippen LogP contribution >= 0.6 is 0 Å². The molecule has 1 amide bonds. The molecule has 0 aliphatic carbocycles. The quantitative estimate of drug-likeness (QED) is 0.309. The Morgan fingerprint density at radius 2 is 2.15 bits per heavy atom. The van der Waals surface area contributed by atoms with Crippen LogP contribution in [-0.4, -0.2) is 35.5 Å². The third-order valence-electron chi connectivity index (χ3n) is 1.04. The first-order valence-corrected chi connectivity index (χ1v) is 4.89. The minimum absolute atomic E-state index is 0.728. The van der Waals surface area contributed by atoms with Gasteiger partial charge in [0, 0.05) is 0 Å². The molecule has 1 atom stereocenters. The van der Waals surface area contributed by atoms with Crippen molar-refractivity contribution in [3.8, 4) is 0 Å².